The van der Waals surface area contributed by atoms with E-state index in [9.17, 15) is 5.11 Å². The van der Waals surface area contributed by atoms with Crippen LogP contribution in [0.15, 0.2) is 0 Å². The molecule has 18 heavy (non-hydrogen) atoms. The van der Waals surface area contributed by atoms with E-state index in [2.05, 4.69) is 32.6 Å². The van der Waals surface area contributed by atoms with Crippen molar-refractivity contribution < 1.29 is 5.11 Å². The van der Waals surface area contributed by atoms with E-state index in [0.29, 0.717) is 17.9 Å². The van der Waals surface area contributed by atoms with E-state index in [0.717, 1.165) is 25.9 Å². The van der Waals surface area contributed by atoms with Crippen LogP contribution in [-0.2, 0) is 0 Å². The maximum Gasteiger partial charge on any atom is 0.0613 e. The van der Waals surface area contributed by atoms with Crippen molar-refractivity contribution in [3.8, 4) is 0 Å². The van der Waals surface area contributed by atoms with Crippen molar-refractivity contribution in [3.05, 3.63) is 0 Å². The minimum Gasteiger partial charge on any atom is -0.394 e. The number of hydrogen-bond donors (Lipinski definition) is 2. The molecule has 3 nitrogen and oxygen atoms in total. The van der Waals surface area contributed by atoms with Crippen LogP contribution in [0.25, 0.3) is 0 Å². The van der Waals surface area contributed by atoms with Gasteiger partial charge in [0, 0.05) is 18.1 Å². The Hall–Kier alpha value is -0.120. The van der Waals surface area contributed by atoms with Crippen LogP contribution in [0.2, 0.25) is 0 Å². The summed E-state index contributed by atoms with van der Waals surface area (Å²) in [5, 5.41) is 9.48. The molecule has 1 aliphatic rings. The van der Waals surface area contributed by atoms with Crippen molar-refractivity contribution in [2.24, 2.45) is 17.6 Å². The summed E-state index contributed by atoms with van der Waals surface area (Å²) < 4.78 is 0. The normalized spacial score (nSPS) is 28.8. The molecule has 3 heteroatoms. The van der Waals surface area contributed by atoms with Gasteiger partial charge < -0.3 is 15.7 Å². The second-order valence-corrected chi connectivity index (χ2v) is 6.75. The Balaban J connectivity index is 2.46. The lowest BCUT2D eigenvalue weighted by Crippen LogP contribution is -2.48. The molecule has 0 aromatic heterocycles. The fraction of sp³-hybridized carbons (Fsp3) is 1.00. The lowest BCUT2D eigenvalue weighted by molar-refractivity contribution is 0.131. The minimum absolute atomic E-state index is 0.142. The van der Waals surface area contributed by atoms with Crippen LogP contribution in [0.1, 0.15) is 53.4 Å². The predicted molar refractivity (Wildman–Crippen MR) is 77.5 cm³/mol. The SMILES string of the molecule is CC(C)CN(CCC1CCCC1(N)CO)C(C)C. The monoisotopic (exact) mass is 256 g/mol. The highest BCUT2D eigenvalue weighted by Gasteiger charge is 2.38. The molecule has 1 saturated carbocycles. The number of nitrogens with zero attached hydrogens (tertiary/aromatic N) is 1. The molecular weight excluding hydrogens is 224 g/mol. The lowest BCUT2D eigenvalue weighted by Gasteiger charge is -2.33. The van der Waals surface area contributed by atoms with Crippen LogP contribution >= 0.6 is 0 Å². The van der Waals surface area contributed by atoms with Crippen molar-refractivity contribution in [1.29, 1.82) is 0 Å². The molecule has 0 aliphatic heterocycles. The zero-order valence-corrected chi connectivity index (χ0v) is 12.7. The first-order valence-corrected chi connectivity index (χ1v) is 7.53. The lowest BCUT2D eigenvalue weighted by atomic mass is 9.86. The molecule has 0 spiro atoms. The van der Waals surface area contributed by atoms with Crippen LogP contribution in [-0.4, -0.2) is 41.3 Å². The highest BCUT2D eigenvalue weighted by atomic mass is 16.3. The van der Waals surface area contributed by atoms with Crippen molar-refractivity contribution in [3.63, 3.8) is 0 Å². The molecule has 0 heterocycles. The molecule has 0 aromatic rings. The van der Waals surface area contributed by atoms with Gasteiger partial charge in [-0.2, -0.15) is 0 Å². The Labute approximate surface area is 113 Å². The van der Waals surface area contributed by atoms with Gasteiger partial charge in [-0.05, 0) is 51.5 Å². The zero-order chi connectivity index (χ0) is 13.8. The molecule has 2 unspecified atom stereocenters. The predicted octanol–water partition coefficient (Wildman–Crippen LogP) is 2.23. The number of hydrogen-bond acceptors (Lipinski definition) is 3. The molecule has 0 radical (unpaired) electrons. The van der Waals surface area contributed by atoms with Crippen LogP contribution in [0, 0.1) is 11.8 Å². The molecular formula is C15H32N2O. The largest absolute Gasteiger partial charge is 0.394 e. The van der Waals surface area contributed by atoms with E-state index in [1.807, 2.05) is 0 Å². The Morgan fingerprint density at radius 2 is 2.00 bits per heavy atom. The quantitative estimate of drug-likeness (QED) is 0.734. The van der Waals surface area contributed by atoms with E-state index in [-0.39, 0.29) is 12.1 Å². The molecule has 0 aromatic carbocycles. The van der Waals surface area contributed by atoms with Crippen molar-refractivity contribution in [1.82, 2.24) is 4.90 Å². The highest BCUT2D eigenvalue weighted by molar-refractivity contribution is 4.96. The summed E-state index contributed by atoms with van der Waals surface area (Å²) in [5.74, 6) is 1.20. The molecule has 0 bridgehead atoms. The number of aliphatic hydroxyl groups is 1. The third-order valence-electron chi connectivity index (χ3n) is 4.40. The highest BCUT2D eigenvalue weighted by Crippen LogP contribution is 2.35. The molecule has 1 rings (SSSR count). The number of nitrogens with two attached hydrogens (primary N) is 1. The molecule has 3 N–H and O–H groups in total. The van der Waals surface area contributed by atoms with E-state index in [4.69, 9.17) is 5.73 Å². The minimum atomic E-state index is -0.305. The summed E-state index contributed by atoms with van der Waals surface area (Å²) >= 11 is 0. The third-order valence-corrected chi connectivity index (χ3v) is 4.40. The van der Waals surface area contributed by atoms with Crippen LogP contribution < -0.4 is 5.73 Å². The first-order chi connectivity index (χ1) is 8.39. The molecule has 108 valence electrons. The van der Waals surface area contributed by atoms with Crippen molar-refractivity contribution >= 4 is 0 Å². The third kappa shape index (κ3) is 4.22. The molecule has 1 aliphatic carbocycles. The topological polar surface area (TPSA) is 49.5 Å². The van der Waals surface area contributed by atoms with E-state index in [1.165, 1.54) is 12.8 Å². The van der Waals surface area contributed by atoms with Gasteiger partial charge in [-0.25, -0.2) is 0 Å². The second-order valence-electron chi connectivity index (χ2n) is 6.75. The Morgan fingerprint density at radius 1 is 1.33 bits per heavy atom. The van der Waals surface area contributed by atoms with Gasteiger partial charge in [-0.3, -0.25) is 0 Å². The van der Waals surface area contributed by atoms with E-state index >= 15 is 0 Å². The average Bonchev–Trinajstić information content (AvgIpc) is 2.66. The second kappa shape index (κ2) is 6.88. The maximum absolute atomic E-state index is 9.48. The van der Waals surface area contributed by atoms with Gasteiger partial charge in [-0.15, -0.1) is 0 Å². The van der Waals surface area contributed by atoms with Gasteiger partial charge in [0.05, 0.1) is 6.61 Å². The van der Waals surface area contributed by atoms with Gasteiger partial charge in [-0.1, -0.05) is 20.3 Å². The Morgan fingerprint density at radius 3 is 2.50 bits per heavy atom. The summed E-state index contributed by atoms with van der Waals surface area (Å²) in [6.07, 6.45) is 4.47. The zero-order valence-electron chi connectivity index (χ0n) is 12.7. The van der Waals surface area contributed by atoms with Gasteiger partial charge in [0.25, 0.3) is 0 Å². The smallest absolute Gasteiger partial charge is 0.0613 e. The maximum atomic E-state index is 9.48. The number of aliphatic hydroxyl groups excluding tert-OH is 1. The van der Waals surface area contributed by atoms with Crippen LogP contribution in [0.3, 0.4) is 0 Å². The summed E-state index contributed by atoms with van der Waals surface area (Å²) in [7, 11) is 0. The Bertz CT molecular complexity index is 243. The van der Waals surface area contributed by atoms with Gasteiger partial charge in [0.2, 0.25) is 0 Å². The average molecular weight is 256 g/mol. The first kappa shape index (κ1) is 15.9. The summed E-state index contributed by atoms with van der Waals surface area (Å²) in [6.45, 7) is 11.5. The van der Waals surface area contributed by atoms with Crippen molar-refractivity contribution in [2.45, 2.75) is 65.0 Å². The van der Waals surface area contributed by atoms with Crippen LogP contribution in [0.5, 0.6) is 0 Å². The summed E-state index contributed by atoms with van der Waals surface area (Å²) in [5.41, 5.74) is 5.99. The van der Waals surface area contributed by atoms with Gasteiger partial charge >= 0.3 is 0 Å². The summed E-state index contributed by atoms with van der Waals surface area (Å²) in [4.78, 5) is 2.54. The Kier molecular flexibility index (Phi) is 6.09. The van der Waals surface area contributed by atoms with Gasteiger partial charge in [0.1, 0.15) is 0 Å². The fourth-order valence-corrected chi connectivity index (χ4v) is 3.16. The molecule has 2 atom stereocenters. The summed E-state index contributed by atoms with van der Waals surface area (Å²) in [6, 6.07) is 0.593. The fourth-order valence-electron chi connectivity index (χ4n) is 3.16. The standard InChI is InChI=1S/C15H32N2O/c1-12(2)10-17(13(3)4)9-7-14-6-5-8-15(14,16)11-18/h12-14,18H,5-11,16H2,1-4H3. The van der Waals surface area contributed by atoms with Crippen molar-refractivity contribution in [2.75, 3.05) is 19.7 Å². The van der Waals surface area contributed by atoms with Gasteiger partial charge in [0.15, 0.2) is 0 Å². The molecule has 1 fully saturated rings. The molecule has 0 amide bonds. The van der Waals surface area contributed by atoms with E-state index < -0.39 is 0 Å². The van der Waals surface area contributed by atoms with E-state index in [1.54, 1.807) is 0 Å². The molecule has 0 saturated heterocycles. The van der Waals surface area contributed by atoms with Crippen LogP contribution in [0.4, 0.5) is 0 Å². The number of rotatable bonds is 7. The first-order valence-electron chi connectivity index (χ1n) is 7.53.